The third kappa shape index (κ3) is 7.33. The van der Waals surface area contributed by atoms with Gasteiger partial charge >= 0.3 is 29.6 Å². The topological polar surface area (TPSA) is 210 Å². The molecule has 0 amide bonds. The number of benzene rings is 1. The number of carbonyl (C=O) groups excluding carboxylic acids is 4. The van der Waals surface area contributed by atoms with Crippen molar-refractivity contribution in [1.29, 1.82) is 0 Å². The summed E-state index contributed by atoms with van der Waals surface area (Å²) in [5.74, 6) is -3.91. The minimum atomic E-state index is -1.74. The van der Waals surface area contributed by atoms with Crippen LogP contribution in [0.1, 0.15) is 27.7 Å². The zero-order chi connectivity index (χ0) is 27.2. The van der Waals surface area contributed by atoms with E-state index >= 15 is 0 Å². The molecule has 16 nitrogen and oxygen atoms in total. The molecule has 16 heteroatoms. The highest BCUT2D eigenvalue weighted by Gasteiger charge is 2.53. The molecule has 36 heavy (non-hydrogen) atoms. The second-order valence-electron chi connectivity index (χ2n) is 7.35. The van der Waals surface area contributed by atoms with E-state index in [4.69, 9.17) is 28.4 Å². The highest BCUT2D eigenvalue weighted by molar-refractivity contribution is 5.68. The SMILES string of the molecule is CC(=O)OC[C@H]1O[C@H](Oc2ccc([N+](=O)[O-])cc2[N+](=O)[O-])[C@@H](OC(C)=O)[C@@H](OC(C)=O)[C@@H]1OC(C)=O. The molecule has 0 aliphatic carbocycles. The summed E-state index contributed by atoms with van der Waals surface area (Å²) >= 11 is 0. The van der Waals surface area contributed by atoms with Gasteiger partial charge in [0.25, 0.3) is 5.69 Å². The molecule has 1 heterocycles. The van der Waals surface area contributed by atoms with Gasteiger partial charge in [0.05, 0.1) is 15.9 Å². The van der Waals surface area contributed by atoms with Gasteiger partial charge in [0.15, 0.2) is 12.2 Å². The molecule has 0 aromatic heterocycles. The average molecular weight is 514 g/mol. The Balaban J connectivity index is 2.57. The van der Waals surface area contributed by atoms with Crippen molar-refractivity contribution in [1.82, 2.24) is 0 Å². The Morgan fingerprint density at radius 3 is 1.89 bits per heavy atom. The molecule has 0 spiro atoms. The molecule has 0 bridgehead atoms. The number of hydrogen-bond donors (Lipinski definition) is 0. The maximum absolute atomic E-state index is 11.8. The summed E-state index contributed by atoms with van der Waals surface area (Å²) in [4.78, 5) is 67.5. The molecule has 5 atom stereocenters. The zero-order valence-electron chi connectivity index (χ0n) is 19.4. The predicted octanol–water partition coefficient (Wildman–Crippen LogP) is 0.965. The lowest BCUT2D eigenvalue weighted by atomic mass is 9.98. The zero-order valence-corrected chi connectivity index (χ0v) is 19.4. The molecule has 0 saturated carbocycles. The summed E-state index contributed by atoms with van der Waals surface area (Å²) in [5.41, 5.74) is -1.42. The normalized spacial score (nSPS) is 23.1. The van der Waals surface area contributed by atoms with E-state index in [9.17, 15) is 39.4 Å². The Bertz CT molecular complexity index is 1060. The van der Waals surface area contributed by atoms with E-state index in [0.29, 0.717) is 6.07 Å². The fourth-order valence-corrected chi connectivity index (χ4v) is 3.27. The minimum absolute atomic E-state index is 0.522. The number of non-ortho nitro benzene ring substituents is 1. The third-order valence-corrected chi connectivity index (χ3v) is 4.54. The van der Waals surface area contributed by atoms with Gasteiger partial charge in [-0.1, -0.05) is 0 Å². The number of hydrogen-bond acceptors (Lipinski definition) is 14. The summed E-state index contributed by atoms with van der Waals surface area (Å²) in [5, 5.41) is 22.5. The van der Waals surface area contributed by atoms with Crippen molar-refractivity contribution in [3.8, 4) is 5.75 Å². The Labute approximate surface area is 202 Å². The monoisotopic (exact) mass is 514 g/mol. The predicted molar refractivity (Wildman–Crippen MR) is 112 cm³/mol. The lowest BCUT2D eigenvalue weighted by molar-refractivity contribution is -0.395. The van der Waals surface area contributed by atoms with E-state index in [0.717, 1.165) is 39.8 Å². The summed E-state index contributed by atoms with van der Waals surface area (Å²) < 4.78 is 31.8. The van der Waals surface area contributed by atoms with Crippen LogP contribution in [0.15, 0.2) is 18.2 Å². The quantitative estimate of drug-likeness (QED) is 0.194. The van der Waals surface area contributed by atoms with Crippen LogP contribution in [0.5, 0.6) is 5.75 Å². The van der Waals surface area contributed by atoms with Crippen LogP contribution in [-0.4, -0.2) is 71.0 Å². The summed E-state index contributed by atoms with van der Waals surface area (Å²) in [6.07, 6.45) is -7.76. The van der Waals surface area contributed by atoms with Crippen molar-refractivity contribution in [3.63, 3.8) is 0 Å². The first kappa shape index (κ1) is 27.9. The van der Waals surface area contributed by atoms with Gasteiger partial charge in [-0.25, -0.2) is 0 Å². The Hall–Kier alpha value is -4.34. The summed E-state index contributed by atoms with van der Waals surface area (Å²) in [6.45, 7) is 3.60. The molecule has 1 aromatic rings. The minimum Gasteiger partial charge on any atom is -0.463 e. The van der Waals surface area contributed by atoms with E-state index in [2.05, 4.69) is 0 Å². The number of nitro groups is 2. The van der Waals surface area contributed by atoms with Crippen molar-refractivity contribution in [3.05, 3.63) is 38.4 Å². The van der Waals surface area contributed by atoms with Gasteiger partial charge in [0, 0.05) is 33.8 Å². The van der Waals surface area contributed by atoms with Gasteiger partial charge in [-0.05, 0) is 6.07 Å². The molecule has 1 aliphatic rings. The number of carbonyl (C=O) groups is 4. The number of nitrogens with zero attached hydrogens (tertiary/aromatic N) is 2. The number of ether oxygens (including phenoxy) is 6. The average Bonchev–Trinajstić information content (AvgIpc) is 2.75. The van der Waals surface area contributed by atoms with E-state index in [-0.39, 0.29) is 0 Å². The van der Waals surface area contributed by atoms with Gasteiger partial charge in [-0.15, -0.1) is 0 Å². The lowest BCUT2D eigenvalue weighted by Crippen LogP contribution is -2.63. The lowest BCUT2D eigenvalue weighted by Gasteiger charge is -2.43. The van der Waals surface area contributed by atoms with Gasteiger partial charge in [0.1, 0.15) is 12.7 Å². The molecule has 0 radical (unpaired) electrons. The maximum Gasteiger partial charge on any atom is 0.317 e. The highest BCUT2D eigenvalue weighted by atomic mass is 16.7. The van der Waals surface area contributed by atoms with Gasteiger partial charge in [-0.3, -0.25) is 39.4 Å². The molecule has 0 unspecified atom stereocenters. The van der Waals surface area contributed by atoms with Crippen molar-refractivity contribution in [2.75, 3.05) is 6.61 Å². The highest BCUT2D eigenvalue weighted by Crippen LogP contribution is 2.36. The molecule has 196 valence electrons. The van der Waals surface area contributed by atoms with Crippen LogP contribution in [0.25, 0.3) is 0 Å². The Morgan fingerprint density at radius 2 is 1.39 bits per heavy atom. The van der Waals surface area contributed by atoms with Crippen molar-refractivity contribution >= 4 is 35.3 Å². The van der Waals surface area contributed by atoms with E-state index in [1.807, 2.05) is 0 Å². The molecular formula is C20H22N2O14. The first-order valence-electron chi connectivity index (χ1n) is 10.2. The standard InChI is InChI=1S/C20H22N2O14/c1-9(23)31-8-16-17(32-10(2)24)18(33-11(3)25)19(34-12(4)26)20(36-16)35-15-6-5-13(21(27)28)7-14(15)22(29)30/h5-7,16-20H,8H2,1-4H3/t16-,17-,18+,19+,20+/m1/s1. The molecule has 0 N–H and O–H groups in total. The van der Waals surface area contributed by atoms with Crippen molar-refractivity contribution in [2.24, 2.45) is 0 Å². The van der Waals surface area contributed by atoms with Crippen LogP contribution in [0, 0.1) is 20.2 Å². The van der Waals surface area contributed by atoms with Crippen LogP contribution in [0.3, 0.4) is 0 Å². The van der Waals surface area contributed by atoms with Gasteiger partial charge in [0.2, 0.25) is 18.1 Å². The fraction of sp³-hybridized carbons (Fsp3) is 0.500. The fourth-order valence-electron chi connectivity index (χ4n) is 3.27. The van der Waals surface area contributed by atoms with Crippen LogP contribution in [0.2, 0.25) is 0 Å². The Kier molecular flexibility index (Phi) is 9.20. The molecule has 1 aromatic carbocycles. The van der Waals surface area contributed by atoms with Crippen LogP contribution >= 0.6 is 0 Å². The first-order valence-corrected chi connectivity index (χ1v) is 10.2. The largest absolute Gasteiger partial charge is 0.463 e. The van der Waals surface area contributed by atoms with Gasteiger partial charge < -0.3 is 28.4 Å². The van der Waals surface area contributed by atoms with Crippen LogP contribution in [0.4, 0.5) is 11.4 Å². The maximum atomic E-state index is 11.8. The number of nitro benzene ring substituents is 2. The molecule has 1 saturated heterocycles. The summed E-state index contributed by atoms with van der Waals surface area (Å²) in [7, 11) is 0. The van der Waals surface area contributed by atoms with Crippen molar-refractivity contribution < 1.29 is 57.4 Å². The first-order chi connectivity index (χ1) is 16.8. The summed E-state index contributed by atoms with van der Waals surface area (Å²) in [6, 6.07) is 2.48. The molecule has 2 rings (SSSR count). The third-order valence-electron chi connectivity index (χ3n) is 4.54. The Morgan fingerprint density at radius 1 is 0.833 bits per heavy atom. The molecule has 1 fully saturated rings. The number of rotatable bonds is 9. The van der Waals surface area contributed by atoms with E-state index in [1.54, 1.807) is 0 Å². The van der Waals surface area contributed by atoms with Crippen LogP contribution < -0.4 is 4.74 Å². The molecule has 1 aliphatic heterocycles. The van der Waals surface area contributed by atoms with Crippen LogP contribution in [-0.2, 0) is 42.9 Å². The number of esters is 4. The smallest absolute Gasteiger partial charge is 0.317 e. The van der Waals surface area contributed by atoms with E-state index in [1.165, 1.54) is 0 Å². The van der Waals surface area contributed by atoms with Crippen molar-refractivity contribution in [2.45, 2.75) is 58.4 Å². The van der Waals surface area contributed by atoms with E-state index < -0.39 is 88.2 Å². The second kappa shape index (κ2) is 11.9. The second-order valence-corrected chi connectivity index (χ2v) is 7.35. The van der Waals surface area contributed by atoms with Gasteiger partial charge in [-0.2, -0.15) is 0 Å². The molecular weight excluding hydrogens is 492 g/mol.